The van der Waals surface area contributed by atoms with Crippen molar-refractivity contribution in [2.45, 2.75) is 38.8 Å². The van der Waals surface area contributed by atoms with Crippen molar-refractivity contribution < 1.29 is 9.15 Å². The van der Waals surface area contributed by atoms with Crippen LogP contribution in [0.15, 0.2) is 28.7 Å². The molecule has 5 heteroatoms. The van der Waals surface area contributed by atoms with E-state index in [1.807, 2.05) is 31.2 Å². The summed E-state index contributed by atoms with van der Waals surface area (Å²) in [5, 5.41) is 3.50. The number of nitrogens with zero attached hydrogens (tertiary/aromatic N) is 2. The van der Waals surface area contributed by atoms with Gasteiger partial charge in [0.1, 0.15) is 11.5 Å². The van der Waals surface area contributed by atoms with E-state index in [0.717, 1.165) is 41.9 Å². The van der Waals surface area contributed by atoms with Crippen LogP contribution >= 0.6 is 0 Å². The molecule has 1 atom stereocenters. The third kappa shape index (κ3) is 3.97. The lowest BCUT2D eigenvalue weighted by molar-refractivity contribution is 0.293. The standard InChI is InChI=1S/C19H27N3O2/c1-14-18(13-20-11-10-16-5-4-12-22(16)2)21-19(24-14)15-6-8-17(23-3)9-7-15/h6-9,16,20H,4-5,10-13H2,1-3H3. The van der Waals surface area contributed by atoms with E-state index in [1.165, 1.54) is 25.8 Å². The molecule has 1 aromatic carbocycles. The van der Waals surface area contributed by atoms with Gasteiger partial charge in [-0.15, -0.1) is 0 Å². The van der Waals surface area contributed by atoms with Gasteiger partial charge in [0.25, 0.3) is 0 Å². The number of aromatic nitrogens is 1. The minimum absolute atomic E-state index is 0.669. The molecule has 0 aliphatic carbocycles. The molecular weight excluding hydrogens is 302 g/mol. The van der Waals surface area contributed by atoms with Crippen molar-refractivity contribution in [3.8, 4) is 17.2 Å². The molecule has 2 aromatic rings. The minimum atomic E-state index is 0.669. The fourth-order valence-electron chi connectivity index (χ4n) is 3.27. The lowest BCUT2D eigenvalue weighted by Gasteiger charge is -2.19. The fourth-order valence-corrected chi connectivity index (χ4v) is 3.27. The maximum Gasteiger partial charge on any atom is 0.226 e. The molecule has 1 aliphatic rings. The van der Waals surface area contributed by atoms with Gasteiger partial charge in [-0.3, -0.25) is 0 Å². The van der Waals surface area contributed by atoms with E-state index in [9.17, 15) is 0 Å². The first-order valence-corrected chi connectivity index (χ1v) is 8.69. The Bertz CT molecular complexity index is 651. The van der Waals surface area contributed by atoms with Crippen LogP contribution in [0.3, 0.4) is 0 Å². The molecular formula is C19H27N3O2. The van der Waals surface area contributed by atoms with Crippen LogP contribution in [0, 0.1) is 6.92 Å². The molecule has 1 unspecified atom stereocenters. The van der Waals surface area contributed by atoms with Crippen LogP contribution in [0.4, 0.5) is 0 Å². The van der Waals surface area contributed by atoms with E-state index in [-0.39, 0.29) is 0 Å². The predicted molar refractivity (Wildman–Crippen MR) is 95.2 cm³/mol. The molecule has 0 amide bonds. The summed E-state index contributed by atoms with van der Waals surface area (Å²) < 4.78 is 11.0. The number of nitrogens with one attached hydrogen (secondary N) is 1. The van der Waals surface area contributed by atoms with Crippen LogP contribution in [0.25, 0.3) is 11.5 Å². The molecule has 0 spiro atoms. The highest BCUT2D eigenvalue weighted by Gasteiger charge is 2.20. The Labute approximate surface area is 144 Å². The number of benzene rings is 1. The zero-order chi connectivity index (χ0) is 16.9. The molecule has 0 saturated carbocycles. The normalized spacial score (nSPS) is 18.2. The van der Waals surface area contributed by atoms with Crippen molar-refractivity contribution >= 4 is 0 Å². The zero-order valence-electron chi connectivity index (χ0n) is 14.8. The van der Waals surface area contributed by atoms with Gasteiger partial charge in [0.15, 0.2) is 0 Å². The van der Waals surface area contributed by atoms with Crippen molar-refractivity contribution in [3.63, 3.8) is 0 Å². The Hall–Kier alpha value is -1.85. The van der Waals surface area contributed by atoms with Crippen molar-refractivity contribution in [1.29, 1.82) is 0 Å². The van der Waals surface area contributed by atoms with E-state index < -0.39 is 0 Å². The smallest absolute Gasteiger partial charge is 0.226 e. The number of methoxy groups -OCH3 is 1. The number of hydrogen-bond donors (Lipinski definition) is 1. The molecule has 24 heavy (non-hydrogen) atoms. The number of rotatable bonds is 7. The van der Waals surface area contributed by atoms with Gasteiger partial charge in [0, 0.05) is 18.2 Å². The summed E-state index contributed by atoms with van der Waals surface area (Å²) in [5.41, 5.74) is 1.96. The van der Waals surface area contributed by atoms with Crippen LogP contribution in [0.1, 0.15) is 30.7 Å². The van der Waals surface area contributed by atoms with E-state index in [0.29, 0.717) is 5.89 Å². The summed E-state index contributed by atoms with van der Waals surface area (Å²) in [7, 11) is 3.89. The van der Waals surface area contributed by atoms with E-state index in [4.69, 9.17) is 9.15 Å². The molecule has 3 rings (SSSR count). The average molecular weight is 329 g/mol. The third-order valence-corrected chi connectivity index (χ3v) is 4.85. The first-order chi connectivity index (χ1) is 11.7. The zero-order valence-corrected chi connectivity index (χ0v) is 14.8. The van der Waals surface area contributed by atoms with Crippen LogP contribution in [-0.4, -0.2) is 43.2 Å². The maximum absolute atomic E-state index is 5.82. The second-order valence-corrected chi connectivity index (χ2v) is 6.49. The highest BCUT2D eigenvalue weighted by atomic mass is 16.5. The lowest BCUT2D eigenvalue weighted by atomic mass is 10.1. The second kappa shape index (κ2) is 7.81. The van der Waals surface area contributed by atoms with Crippen LogP contribution in [-0.2, 0) is 6.54 Å². The summed E-state index contributed by atoms with van der Waals surface area (Å²) in [6.07, 6.45) is 3.84. The Morgan fingerprint density at radius 3 is 2.79 bits per heavy atom. The van der Waals surface area contributed by atoms with Gasteiger partial charge >= 0.3 is 0 Å². The summed E-state index contributed by atoms with van der Waals surface area (Å²) in [6, 6.07) is 8.51. The fraction of sp³-hybridized carbons (Fsp3) is 0.526. The van der Waals surface area contributed by atoms with E-state index in [1.54, 1.807) is 7.11 Å². The van der Waals surface area contributed by atoms with Crippen molar-refractivity contribution in [2.24, 2.45) is 0 Å². The molecule has 1 aromatic heterocycles. The Morgan fingerprint density at radius 1 is 1.33 bits per heavy atom. The van der Waals surface area contributed by atoms with E-state index in [2.05, 4.69) is 22.2 Å². The van der Waals surface area contributed by atoms with Gasteiger partial charge in [0.05, 0.1) is 12.8 Å². The van der Waals surface area contributed by atoms with Crippen molar-refractivity contribution in [3.05, 3.63) is 35.7 Å². The molecule has 1 N–H and O–H groups in total. The van der Waals surface area contributed by atoms with Gasteiger partial charge in [-0.2, -0.15) is 0 Å². The third-order valence-electron chi connectivity index (χ3n) is 4.85. The quantitative estimate of drug-likeness (QED) is 0.790. The van der Waals surface area contributed by atoms with Crippen LogP contribution in [0.5, 0.6) is 5.75 Å². The largest absolute Gasteiger partial charge is 0.497 e. The summed E-state index contributed by atoms with van der Waals surface area (Å²) in [6.45, 7) is 4.97. The average Bonchev–Trinajstić information content (AvgIpc) is 3.17. The van der Waals surface area contributed by atoms with Gasteiger partial charge in [-0.25, -0.2) is 4.98 Å². The summed E-state index contributed by atoms with van der Waals surface area (Å²) >= 11 is 0. The summed E-state index contributed by atoms with van der Waals surface area (Å²) in [5.74, 6) is 2.38. The topological polar surface area (TPSA) is 50.5 Å². The monoisotopic (exact) mass is 329 g/mol. The van der Waals surface area contributed by atoms with Gasteiger partial charge in [-0.1, -0.05) is 0 Å². The lowest BCUT2D eigenvalue weighted by Crippen LogP contribution is -2.29. The van der Waals surface area contributed by atoms with Crippen LogP contribution < -0.4 is 10.1 Å². The van der Waals surface area contributed by atoms with Crippen molar-refractivity contribution in [1.82, 2.24) is 15.2 Å². The summed E-state index contributed by atoms with van der Waals surface area (Å²) in [4.78, 5) is 7.10. The molecule has 0 bridgehead atoms. The number of aryl methyl sites for hydroxylation is 1. The number of oxazole rings is 1. The number of ether oxygens (including phenoxy) is 1. The molecule has 0 radical (unpaired) electrons. The SMILES string of the molecule is COc1ccc(-c2nc(CNCCC3CCCN3C)c(C)o2)cc1. The number of hydrogen-bond acceptors (Lipinski definition) is 5. The van der Waals surface area contributed by atoms with Gasteiger partial charge in [0.2, 0.25) is 5.89 Å². The molecule has 2 heterocycles. The molecule has 1 fully saturated rings. The molecule has 130 valence electrons. The van der Waals surface area contributed by atoms with Crippen LogP contribution in [0.2, 0.25) is 0 Å². The first kappa shape index (κ1) is 17.0. The Morgan fingerprint density at radius 2 is 2.12 bits per heavy atom. The first-order valence-electron chi connectivity index (χ1n) is 8.69. The second-order valence-electron chi connectivity index (χ2n) is 6.49. The van der Waals surface area contributed by atoms with Crippen molar-refractivity contribution in [2.75, 3.05) is 27.2 Å². The number of likely N-dealkylation sites (tertiary alicyclic amines) is 1. The van der Waals surface area contributed by atoms with E-state index >= 15 is 0 Å². The Balaban J connectivity index is 1.53. The van der Waals surface area contributed by atoms with Gasteiger partial charge < -0.3 is 19.4 Å². The molecule has 1 saturated heterocycles. The highest BCUT2D eigenvalue weighted by molar-refractivity contribution is 5.55. The maximum atomic E-state index is 5.82. The Kier molecular flexibility index (Phi) is 5.53. The minimum Gasteiger partial charge on any atom is -0.497 e. The predicted octanol–water partition coefficient (Wildman–Crippen LogP) is 3.23. The highest BCUT2D eigenvalue weighted by Crippen LogP contribution is 2.24. The van der Waals surface area contributed by atoms with Gasteiger partial charge in [-0.05, 0) is 70.6 Å². The molecule has 5 nitrogen and oxygen atoms in total. The molecule has 1 aliphatic heterocycles.